The first-order valence-electron chi connectivity index (χ1n) is 6.65. The maximum Gasteiger partial charge on any atom is 0.146 e. The van der Waals surface area contributed by atoms with Gasteiger partial charge in [0, 0.05) is 30.9 Å². The molecule has 0 bridgehead atoms. The second-order valence-electron chi connectivity index (χ2n) is 5.10. The van der Waals surface area contributed by atoms with E-state index in [0.29, 0.717) is 6.54 Å². The molecule has 21 heavy (non-hydrogen) atoms. The minimum atomic E-state index is -0.263. The van der Waals surface area contributed by atoms with Gasteiger partial charge in [-0.3, -0.25) is 9.67 Å². The number of fused-ring (bicyclic) bond motifs is 1. The van der Waals surface area contributed by atoms with Crippen molar-refractivity contribution in [2.45, 2.75) is 13.5 Å². The summed E-state index contributed by atoms with van der Waals surface area (Å²) in [6.07, 6.45) is 1.53. The molecule has 3 aromatic rings. The third-order valence-electron chi connectivity index (χ3n) is 3.47. The van der Waals surface area contributed by atoms with Crippen LogP contribution >= 0.6 is 0 Å². The Bertz CT molecular complexity index is 796. The van der Waals surface area contributed by atoms with E-state index in [9.17, 15) is 4.39 Å². The lowest BCUT2D eigenvalue weighted by atomic mass is 10.1. The standard InChI is InChI=1S/C15H16FN5/c1-10-6-14(12-7-11(16)4-5-13(12)19-10)20(2)8-15-17-9-18-21(15)3/h4-7,9H,8H2,1-3H3. The van der Waals surface area contributed by atoms with Crippen molar-refractivity contribution in [2.24, 2.45) is 7.05 Å². The Labute approximate surface area is 122 Å². The first-order valence-corrected chi connectivity index (χ1v) is 6.65. The quantitative estimate of drug-likeness (QED) is 0.741. The lowest BCUT2D eigenvalue weighted by molar-refractivity contribution is 0.629. The molecule has 0 aliphatic carbocycles. The first-order chi connectivity index (χ1) is 10.0. The van der Waals surface area contributed by atoms with Crippen molar-refractivity contribution < 1.29 is 4.39 Å². The van der Waals surface area contributed by atoms with Gasteiger partial charge < -0.3 is 4.90 Å². The Morgan fingerprint density at radius 2 is 2.10 bits per heavy atom. The summed E-state index contributed by atoms with van der Waals surface area (Å²) in [4.78, 5) is 10.7. The molecule has 108 valence electrons. The van der Waals surface area contributed by atoms with Gasteiger partial charge in [0.05, 0.1) is 12.1 Å². The Balaban J connectivity index is 2.06. The zero-order chi connectivity index (χ0) is 15.0. The van der Waals surface area contributed by atoms with E-state index < -0.39 is 0 Å². The minimum absolute atomic E-state index is 0.263. The molecule has 0 spiro atoms. The van der Waals surface area contributed by atoms with Crippen LogP contribution in [0.4, 0.5) is 10.1 Å². The highest BCUT2D eigenvalue weighted by atomic mass is 19.1. The van der Waals surface area contributed by atoms with Crippen molar-refractivity contribution in [1.29, 1.82) is 0 Å². The molecule has 0 fully saturated rings. The average molecular weight is 285 g/mol. The maximum atomic E-state index is 13.5. The molecular weight excluding hydrogens is 269 g/mol. The summed E-state index contributed by atoms with van der Waals surface area (Å²) < 4.78 is 15.3. The zero-order valence-corrected chi connectivity index (χ0v) is 12.2. The number of hydrogen-bond acceptors (Lipinski definition) is 4. The van der Waals surface area contributed by atoms with Crippen molar-refractivity contribution in [1.82, 2.24) is 19.7 Å². The van der Waals surface area contributed by atoms with Gasteiger partial charge in [0.1, 0.15) is 18.0 Å². The highest BCUT2D eigenvalue weighted by Crippen LogP contribution is 2.27. The molecule has 2 aromatic heterocycles. The Morgan fingerprint density at radius 3 is 2.81 bits per heavy atom. The largest absolute Gasteiger partial charge is 0.366 e. The molecule has 0 amide bonds. The van der Waals surface area contributed by atoms with Crippen LogP contribution in [0.15, 0.2) is 30.6 Å². The molecule has 0 saturated carbocycles. The van der Waals surface area contributed by atoms with Gasteiger partial charge in [-0.15, -0.1) is 0 Å². The number of nitrogens with zero attached hydrogens (tertiary/aromatic N) is 5. The van der Waals surface area contributed by atoms with E-state index in [-0.39, 0.29) is 5.82 Å². The van der Waals surface area contributed by atoms with Crippen LogP contribution in [0, 0.1) is 12.7 Å². The van der Waals surface area contributed by atoms with Crippen molar-refractivity contribution in [3.63, 3.8) is 0 Å². The molecule has 3 rings (SSSR count). The summed E-state index contributed by atoms with van der Waals surface area (Å²) in [6, 6.07) is 6.61. The molecule has 6 heteroatoms. The predicted molar refractivity (Wildman–Crippen MR) is 79.5 cm³/mol. The second-order valence-corrected chi connectivity index (χ2v) is 5.10. The molecular formula is C15H16FN5. The van der Waals surface area contributed by atoms with E-state index >= 15 is 0 Å². The minimum Gasteiger partial charge on any atom is -0.366 e. The van der Waals surface area contributed by atoms with Crippen molar-refractivity contribution >= 4 is 16.6 Å². The van der Waals surface area contributed by atoms with Gasteiger partial charge >= 0.3 is 0 Å². The maximum absolute atomic E-state index is 13.5. The number of aromatic nitrogens is 4. The van der Waals surface area contributed by atoms with Crippen LogP contribution in [0.25, 0.3) is 10.9 Å². The highest BCUT2D eigenvalue weighted by Gasteiger charge is 2.12. The normalized spacial score (nSPS) is 11.0. The molecule has 0 radical (unpaired) electrons. The lowest BCUT2D eigenvalue weighted by Gasteiger charge is -2.21. The van der Waals surface area contributed by atoms with Crippen LogP contribution in [0.2, 0.25) is 0 Å². The summed E-state index contributed by atoms with van der Waals surface area (Å²) in [5.41, 5.74) is 2.62. The van der Waals surface area contributed by atoms with Crippen LogP contribution < -0.4 is 4.90 Å². The molecule has 0 atom stereocenters. The van der Waals surface area contributed by atoms with Gasteiger partial charge in [-0.1, -0.05) is 0 Å². The average Bonchev–Trinajstić information content (AvgIpc) is 2.84. The lowest BCUT2D eigenvalue weighted by Crippen LogP contribution is -2.20. The molecule has 0 aliphatic heterocycles. The van der Waals surface area contributed by atoms with E-state index in [4.69, 9.17) is 0 Å². The number of pyridine rings is 1. The van der Waals surface area contributed by atoms with Crippen LogP contribution in [-0.4, -0.2) is 26.8 Å². The van der Waals surface area contributed by atoms with Gasteiger partial charge in [-0.2, -0.15) is 5.10 Å². The van der Waals surface area contributed by atoms with Gasteiger partial charge in [0.15, 0.2) is 0 Å². The monoisotopic (exact) mass is 285 g/mol. The van der Waals surface area contributed by atoms with Crippen LogP contribution in [0.1, 0.15) is 11.5 Å². The summed E-state index contributed by atoms with van der Waals surface area (Å²) >= 11 is 0. The molecule has 0 saturated heterocycles. The molecule has 2 heterocycles. The Kier molecular flexibility index (Phi) is 3.29. The molecule has 0 N–H and O–H groups in total. The molecule has 0 unspecified atom stereocenters. The number of aryl methyl sites for hydroxylation is 2. The fourth-order valence-corrected chi connectivity index (χ4v) is 2.39. The highest BCUT2D eigenvalue weighted by molar-refractivity contribution is 5.91. The Hall–Kier alpha value is -2.50. The molecule has 5 nitrogen and oxygen atoms in total. The van der Waals surface area contributed by atoms with Gasteiger partial charge in [-0.05, 0) is 31.2 Å². The van der Waals surface area contributed by atoms with E-state index in [1.165, 1.54) is 18.5 Å². The number of hydrogen-bond donors (Lipinski definition) is 0. The van der Waals surface area contributed by atoms with Crippen molar-refractivity contribution in [2.75, 3.05) is 11.9 Å². The SMILES string of the molecule is Cc1cc(N(C)Cc2ncnn2C)c2cc(F)ccc2n1. The summed E-state index contributed by atoms with van der Waals surface area (Å²) in [5, 5.41) is 4.86. The van der Waals surface area contributed by atoms with E-state index in [1.54, 1.807) is 10.7 Å². The van der Waals surface area contributed by atoms with Crippen LogP contribution in [-0.2, 0) is 13.6 Å². The first kappa shape index (κ1) is 13.5. The topological polar surface area (TPSA) is 46.8 Å². The fourth-order valence-electron chi connectivity index (χ4n) is 2.39. The third-order valence-corrected chi connectivity index (χ3v) is 3.47. The van der Waals surface area contributed by atoms with Crippen LogP contribution in [0.3, 0.4) is 0 Å². The summed E-state index contributed by atoms with van der Waals surface area (Å²) in [7, 11) is 3.81. The van der Waals surface area contributed by atoms with E-state index in [2.05, 4.69) is 15.1 Å². The number of rotatable bonds is 3. The van der Waals surface area contributed by atoms with Crippen LogP contribution in [0.5, 0.6) is 0 Å². The fraction of sp³-hybridized carbons (Fsp3) is 0.267. The Morgan fingerprint density at radius 1 is 1.29 bits per heavy atom. The second kappa shape index (κ2) is 5.12. The van der Waals surface area contributed by atoms with E-state index in [0.717, 1.165) is 28.1 Å². The van der Waals surface area contributed by atoms with Gasteiger partial charge in [-0.25, -0.2) is 9.37 Å². The van der Waals surface area contributed by atoms with Gasteiger partial charge in [0.25, 0.3) is 0 Å². The number of benzene rings is 1. The zero-order valence-electron chi connectivity index (χ0n) is 12.2. The third kappa shape index (κ3) is 2.56. The summed E-state index contributed by atoms with van der Waals surface area (Å²) in [6.45, 7) is 2.52. The number of halogens is 1. The predicted octanol–water partition coefficient (Wildman–Crippen LogP) is 2.45. The van der Waals surface area contributed by atoms with Crippen molar-refractivity contribution in [3.05, 3.63) is 47.9 Å². The summed E-state index contributed by atoms with van der Waals surface area (Å²) in [5.74, 6) is 0.581. The van der Waals surface area contributed by atoms with Gasteiger partial charge in [0.2, 0.25) is 0 Å². The van der Waals surface area contributed by atoms with E-state index in [1.807, 2.05) is 32.0 Å². The number of anilines is 1. The molecule has 1 aromatic carbocycles. The smallest absolute Gasteiger partial charge is 0.146 e. The van der Waals surface area contributed by atoms with Crippen molar-refractivity contribution in [3.8, 4) is 0 Å². The molecule has 0 aliphatic rings.